The van der Waals surface area contributed by atoms with Gasteiger partial charge < -0.3 is 0 Å². The van der Waals surface area contributed by atoms with Crippen molar-refractivity contribution >= 4 is 32.3 Å². The first-order chi connectivity index (χ1) is 28.0. The largest absolute Gasteiger partial charge is 0.228 e. The summed E-state index contributed by atoms with van der Waals surface area (Å²) in [6, 6.07) is 70.2. The maximum Gasteiger partial charge on any atom is 0.160 e. The summed E-state index contributed by atoms with van der Waals surface area (Å²) in [5, 5.41) is 7.49. The molecule has 1 aliphatic rings. The predicted octanol–water partition coefficient (Wildman–Crippen LogP) is 14.6. The molecule has 0 bridgehead atoms. The van der Waals surface area contributed by atoms with Gasteiger partial charge in [0.1, 0.15) is 0 Å². The number of fused-ring (bicyclic) bond motifs is 7. The first kappa shape index (κ1) is 33.2. The predicted molar refractivity (Wildman–Crippen MR) is 239 cm³/mol. The monoisotopic (exact) mass is 726 g/mol. The van der Waals surface area contributed by atoms with Crippen LogP contribution in [0, 0.1) is 0 Å². The first-order valence-corrected chi connectivity index (χ1v) is 19.7. The van der Waals surface area contributed by atoms with Crippen LogP contribution in [0.25, 0.3) is 99.6 Å². The van der Waals surface area contributed by atoms with Crippen molar-refractivity contribution in [2.45, 2.75) is 19.3 Å². The lowest BCUT2D eigenvalue weighted by Crippen LogP contribution is -2.14. The van der Waals surface area contributed by atoms with Crippen LogP contribution in [0.5, 0.6) is 0 Å². The molecule has 0 atom stereocenters. The second kappa shape index (κ2) is 13.0. The third-order valence-electron chi connectivity index (χ3n) is 12.1. The number of hydrogen-bond acceptors (Lipinski definition) is 2. The molecular formula is C55H38N2. The molecule has 10 aromatic rings. The van der Waals surface area contributed by atoms with Gasteiger partial charge in [0.2, 0.25) is 0 Å². The number of hydrogen-bond donors (Lipinski definition) is 0. The van der Waals surface area contributed by atoms with Gasteiger partial charge in [0.15, 0.2) is 5.82 Å². The van der Waals surface area contributed by atoms with Gasteiger partial charge in [-0.2, -0.15) is 0 Å². The van der Waals surface area contributed by atoms with E-state index in [2.05, 4.69) is 202 Å². The lowest BCUT2D eigenvalue weighted by atomic mass is 9.81. The van der Waals surface area contributed by atoms with Gasteiger partial charge in [-0.3, -0.25) is 0 Å². The average molecular weight is 727 g/mol. The van der Waals surface area contributed by atoms with Crippen molar-refractivity contribution in [3.63, 3.8) is 0 Å². The van der Waals surface area contributed by atoms with Crippen LogP contribution in [0.3, 0.4) is 0 Å². The Labute approximate surface area is 332 Å². The normalized spacial score (nSPS) is 12.9. The van der Waals surface area contributed by atoms with Crippen LogP contribution in [0.15, 0.2) is 194 Å². The van der Waals surface area contributed by atoms with Crippen LogP contribution in [-0.4, -0.2) is 9.97 Å². The molecule has 0 amide bonds. The SMILES string of the molecule is CC1(C)c2ccccc2-c2ccc(-c3cccc(-c4cc(-c5cccc(-c6c7ccccc7cc7c6ccc6ccccc67)c5)nc(-c5ccccc5)n4)c3)cc21. The van der Waals surface area contributed by atoms with Gasteiger partial charge in [-0.05, 0) is 107 Å². The van der Waals surface area contributed by atoms with Crippen molar-refractivity contribution in [2.75, 3.05) is 0 Å². The third kappa shape index (κ3) is 5.48. The van der Waals surface area contributed by atoms with E-state index in [9.17, 15) is 0 Å². The van der Waals surface area contributed by atoms with Crippen LogP contribution in [0.2, 0.25) is 0 Å². The summed E-state index contributed by atoms with van der Waals surface area (Å²) in [5.41, 5.74) is 15.0. The molecule has 1 aromatic heterocycles. The third-order valence-corrected chi connectivity index (χ3v) is 12.1. The number of aromatic nitrogens is 2. The number of rotatable bonds is 5. The molecule has 9 aromatic carbocycles. The zero-order chi connectivity index (χ0) is 38.1. The van der Waals surface area contributed by atoms with E-state index in [0.717, 1.165) is 33.6 Å². The number of nitrogens with zero attached hydrogens (tertiary/aromatic N) is 2. The maximum atomic E-state index is 5.24. The molecule has 0 radical (unpaired) electrons. The highest BCUT2D eigenvalue weighted by Crippen LogP contribution is 2.49. The highest BCUT2D eigenvalue weighted by Gasteiger charge is 2.35. The van der Waals surface area contributed by atoms with E-state index in [1.165, 1.54) is 71.3 Å². The summed E-state index contributed by atoms with van der Waals surface area (Å²) in [7, 11) is 0. The molecule has 0 N–H and O–H groups in total. The van der Waals surface area contributed by atoms with E-state index >= 15 is 0 Å². The van der Waals surface area contributed by atoms with Crippen molar-refractivity contribution < 1.29 is 0 Å². The molecule has 57 heavy (non-hydrogen) atoms. The molecule has 1 heterocycles. The first-order valence-electron chi connectivity index (χ1n) is 19.7. The Morgan fingerprint density at radius 3 is 1.74 bits per heavy atom. The molecule has 0 aliphatic heterocycles. The molecule has 2 nitrogen and oxygen atoms in total. The Kier molecular flexibility index (Phi) is 7.55. The van der Waals surface area contributed by atoms with Gasteiger partial charge in [-0.25, -0.2) is 9.97 Å². The minimum atomic E-state index is -0.0632. The molecule has 0 saturated heterocycles. The molecule has 0 saturated carbocycles. The second-order valence-corrected chi connectivity index (χ2v) is 15.8. The molecule has 1 aliphatic carbocycles. The minimum absolute atomic E-state index is 0.0632. The molecule has 268 valence electrons. The maximum absolute atomic E-state index is 5.24. The molecule has 2 heteroatoms. The van der Waals surface area contributed by atoms with Gasteiger partial charge >= 0.3 is 0 Å². The highest BCUT2D eigenvalue weighted by atomic mass is 14.9. The molecule has 0 spiro atoms. The van der Waals surface area contributed by atoms with Crippen molar-refractivity contribution in [1.82, 2.24) is 9.97 Å². The smallest absolute Gasteiger partial charge is 0.160 e. The van der Waals surface area contributed by atoms with Gasteiger partial charge in [-0.15, -0.1) is 0 Å². The van der Waals surface area contributed by atoms with Crippen LogP contribution in [0.4, 0.5) is 0 Å². The van der Waals surface area contributed by atoms with Crippen molar-refractivity contribution in [1.29, 1.82) is 0 Å². The lowest BCUT2D eigenvalue weighted by molar-refractivity contribution is 0.660. The van der Waals surface area contributed by atoms with E-state index in [-0.39, 0.29) is 5.41 Å². The summed E-state index contributed by atoms with van der Waals surface area (Å²) < 4.78 is 0. The Morgan fingerprint density at radius 1 is 0.333 bits per heavy atom. The fourth-order valence-corrected chi connectivity index (χ4v) is 9.17. The van der Waals surface area contributed by atoms with Crippen molar-refractivity contribution in [3.8, 4) is 67.3 Å². The van der Waals surface area contributed by atoms with Crippen LogP contribution >= 0.6 is 0 Å². The van der Waals surface area contributed by atoms with E-state index in [4.69, 9.17) is 9.97 Å². The molecule has 11 rings (SSSR count). The number of benzene rings is 9. The fraction of sp³-hybridized carbons (Fsp3) is 0.0545. The topological polar surface area (TPSA) is 25.8 Å². The van der Waals surface area contributed by atoms with Gasteiger partial charge in [-0.1, -0.05) is 178 Å². The lowest BCUT2D eigenvalue weighted by Gasteiger charge is -2.22. The second-order valence-electron chi connectivity index (χ2n) is 15.8. The average Bonchev–Trinajstić information content (AvgIpc) is 3.51. The fourth-order valence-electron chi connectivity index (χ4n) is 9.17. The van der Waals surface area contributed by atoms with Gasteiger partial charge in [0, 0.05) is 22.1 Å². The Morgan fingerprint density at radius 2 is 0.930 bits per heavy atom. The summed E-state index contributed by atoms with van der Waals surface area (Å²) in [5.74, 6) is 0.707. The zero-order valence-corrected chi connectivity index (χ0v) is 31.9. The Hall–Kier alpha value is -7.16. The van der Waals surface area contributed by atoms with Crippen LogP contribution in [-0.2, 0) is 5.41 Å². The van der Waals surface area contributed by atoms with Gasteiger partial charge in [0.05, 0.1) is 11.4 Å². The zero-order valence-electron chi connectivity index (χ0n) is 31.9. The summed E-state index contributed by atoms with van der Waals surface area (Å²) >= 11 is 0. The van der Waals surface area contributed by atoms with Crippen LogP contribution < -0.4 is 0 Å². The van der Waals surface area contributed by atoms with E-state index < -0.39 is 0 Å². The van der Waals surface area contributed by atoms with E-state index in [1.807, 2.05) is 6.07 Å². The van der Waals surface area contributed by atoms with Crippen molar-refractivity contribution in [3.05, 3.63) is 205 Å². The van der Waals surface area contributed by atoms with Gasteiger partial charge in [0.25, 0.3) is 0 Å². The minimum Gasteiger partial charge on any atom is -0.228 e. The standard InChI is InChI=1S/C55H38N2/c1-55(2)49-25-11-10-24-45(49)46-28-27-38(33-50(46)55)37-18-12-19-40(30-37)51-34-52(57-54(56-51)36-15-4-3-5-16-36)41-20-13-21-42(31-41)53-44-23-9-7-17-39(44)32-48-43-22-8-6-14-35(43)26-29-47(48)53/h3-34H,1-2H3. The van der Waals surface area contributed by atoms with E-state index in [0.29, 0.717) is 5.82 Å². The summed E-state index contributed by atoms with van der Waals surface area (Å²) in [6.07, 6.45) is 0. The molecular weight excluding hydrogens is 689 g/mol. The van der Waals surface area contributed by atoms with E-state index in [1.54, 1.807) is 0 Å². The summed E-state index contributed by atoms with van der Waals surface area (Å²) in [4.78, 5) is 10.5. The van der Waals surface area contributed by atoms with Crippen LogP contribution in [0.1, 0.15) is 25.0 Å². The summed E-state index contributed by atoms with van der Waals surface area (Å²) in [6.45, 7) is 4.68. The quantitative estimate of drug-likeness (QED) is 0.130. The molecule has 0 fully saturated rings. The van der Waals surface area contributed by atoms with Crippen molar-refractivity contribution in [2.24, 2.45) is 0 Å². The Bertz CT molecular complexity index is 3210. The molecule has 0 unspecified atom stereocenters. The Balaban J connectivity index is 1.05. The highest BCUT2D eigenvalue weighted by molar-refractivity contribution is 6.20.